The Kier molecular flexibility index (Phi) is 4.66. The molecule has 0 aliphatic carbocycles. The Labute approximate surface area is 137 Å². The molecule has 1 fully saturated rings. The van der Waals surface area contributed by atoms with E-state index in [1.807, 2.05) is 18.7 Å². The van der Waals surface area contributed by atoms with E-state index in [-0.39, 0.29) is 17.1 Å². The number of hydrogen-bond acceptors (Lipinski definition) is 4. The van der Waals surface area contributed by atoms with Gasteiger partial charge in [-0.2, -0.15) is 16.9 Å². The number of halogens is 1. The number of aromatic nitrogens is 2. The molecule has 1 aliphatic heterocycles. The van der Waals surface area contributed by atoms with Crippen LogP contribution in [-0.2, 0) is 6.54 Å². The Morgan fingerprint density at radius 1 is 1.43 bits per heavy atom. The van der Waals surface area contributed by atoms with Crippen LogP contribution >= 0.6 is 11.8 Å². The normalized spacial score (nSPS) is 15.7. The maximum atomic E-state index is 13.5. The van der Waals surface area contributed by atoms with Crippen molar-refractivity contribution in [2.45, 2.75) is 32.4 Å². The lowest BCUT2D eigenvalue weighted by Crippen LogP contribution is -2.40. The Morgan fingerprint density at radius 2 is 2.17 bits per heavy atom. The second-order valence-electron chi connectivity index (χ2n) is 5.52. The molecule has 2 aromatic rings. The van der Waals surface area contributed by atoms with Crippen molar-refractivity contribution in [3.8, 4) is 0 Å². The van der Waals surface area contributed by atoms with Crippen molar-refractivity contribution in [1.29, 1.82) is 0 Å². The average molecular weight is 335 g/mol. The molecule has 2 heterocycles. The Hall–Kier alpha value is -1.89. The molecule has 122 valence electrons. The third-order valence-corrected chi connectivity index (χ3v) is 5.04. The predicted octanol–water partition coefficient (Wildman–Crippen LogP) is 2.18. The summed E-state index contributed by atoms with van der Waals surface area (Å²) in [6.45, 7) is 2.35. The Balaban J connectivity index is 2.01. The summed E-state index contributed by atoms with van der Waals surface area (Å²) >= 11 is 1.86. The zero-order chi connectivity index (χ0) is 16.4. The number of nitrogens with zero attached hydrogens (tertiary/aromatic N) is 2. The van der Waals surface area contributed by atoms with E-state index in [1.165, 1.54) is 18.2 Å². The summed E-state index contributed by atoms with van der Waals surface area (Å²) in [6.07, 6.45) is 1.78. The molecule has 23 heavy (non-hydrogen) atoms. The summed E-state index contributed by atoms with van der Waals surface area (Å²) < 4.78 is 15.0. The zero-order valence-corrected chi connectivity index (χ0v) is 13.7. The largest absolute Gasteiger partial charge is 0.348 e. The van der Waals surface area contributed by atoms with Gasteiger partial charge in [0.25, 0.3) is 5.91 Å². The van der Waals surface area contributed by atoms with Crippen LogP contribution in [0.3, 0.4) is 0 Å². The first-order valence-electron chi connectivity index (χ1n) is 7.69. The average Bonchev–Trinajstić information content (AvgIpc) is 2.56. The van der Waals surface area contributed by atoms with Crippen LogP contribution in [0.4, 0.5) is 4.39 Å². The first kappa shape index (κ1) is 16.0. The van der Waals surface area contributed by atoms with Crippen molar-refractivity contribution in [3.63, 3.8) is 0 Å². The molecule has 0 saturated carbocycles. The van der Waals surface area contributed by atoms with Crippen LogP contribution in [0.1, 0.15) is 30.3 Å². The molecule has 0 bridgehead atoms. The van der Waals surface area contributed by atoms with Gasteiger partial charge in [0.2, 0.25) is 5.43 Å². The number of amides is 1. The van der Waals surface area contributed by atoms with Gasteiger partial charge in [-0.15, -0.1) is 0 Å². The summed E-state index contributed by atoms with van der Waals surface area (Å²) in [5.74, 6) is 1.03. The lowest BCUT2D eigenvalue weighted by molar-refractivity contribution is 0.0926. The number of hydrogen-bond donors (Lipinski definition) is 1. The Bertz CT molecular complexity index is 800. The van der Waals surface area contributed by atoms with E-state index in [1.54, 1.807) is 4.68 Å². The van der Waals surface area contributed by atoms with E-state index in [4.69, 9.17) is 0 Å². The van der Waals surface area contributed by atoms with E-state index in [2.05, 4.69) is 10.4 Å². The van der Waals surface area contributed by atoms with E-state index < -0.39 is 17.2 Å². The zero-order valence-electron chi connectivity index (χ0n) is 12.8. The number of nitrogens with one attached hydrogen (secondary N) is 1. The molecule has 1 saturated heterocycles. The number of benzene rings is 1. The molecule has 7 heteroatoms. The van der Waals surface area contributed by atoms with Crippen molar-refractivity contribution in [2.75, 3.05) is 11.5 Å². The van der Waals surface area contributed by atoms with Crippen LogP contribution in [0.5, 0.6) is 0 Å². The van der Waals surface area contributed by atoms with Gasteiger partial charge in [-0.1, -0.05) is 0 Å². The van der Waals surface area contributed by atoms with Crippen LogP contribution in [0.2, 0.25) is 0 Å². The molecule has 5 nitrogen and oxygen atoms in total. The van der Waals surface area contributed by atoms with E-state index >= 15 is 0 Å². The quantitative estimate of drug-likeness (QED) is 0.934. The molecule has 0 atom stereocenters. The third-order valence-electron chi connectivity index (χ3n) is 3.99. The summed E-state index contributed by atoms with van der Waals surface area (Å²) in [4.78, 5) is 25.0. The number of rotatable bonds is 3. The number of aryl methyl sites for hydroxylation is 1. The third kappa shape index (κ3) is 3.24. The summed E-state index contributed by atoms with van der Waals surface area (Å²) in [5, 5.41) is 7.25. The molecular weight excluding hydrogens is 317 g/mol. The highest BCUT2D eigenvalue weighted by atomic mass is 32.2. The highest BCUT2D eigenvalue weighted by Gasteiger charge is 2.21. The molecule has 1 aromatic heterocycles. The lowest BCUT2D eigenvalue weighted by atomic mass is 10.1. The van der Waals surface area contributed by atoms with Crippen LogP contribution in [0.15, 0.2) is 23.0 Å². The van der Waals surface area contributed by atoms with Crippen LogP contribution < -0.4 is 10.7 Å². The smallest absolute Gasteiger partial charge is 0.276 e. The van der Waals surface area contributed by atoms with Gasteiger partial charge in [0, 0.05) is 12.6 Å². The number of carbonyl (C=O) groups is 1. The molecule has 0 radical (unpaired) electrons. The van der Waals surface area contributed by atoms with Crippen molar-refractivity contribution in [1.82, 2.24) is 15.1 Å². The maximum Gasteiger partial charge on any atom is 0.276 e. The molecule has 1 aliphatic rings. The molecule has 1 N–H and O–H groups in total. The summed E-state index contributed by atoms with van der Waals surface area (Å²) in [5.41, 5.74) is -0.153. The topological polar surface area (TPSA) is 64.0 Å². The van der Waals surface area contributed by atoms with Crippen molar-refractivity contribution < 1.29 is 9.18 Å². The van der Waals surface area contributed by atoms with Gasteiger partial charge in [-0.05, 0) is 49.5 Å². The first-order valence-corrected chi connectivity index (χ1v) is 8.84. The summed E-state index contributed by atoms with van der Waals surface area (Å²) in [7, 11) is 0. The molecule has 0 unspecified atom stereocenters. The van der Waals surface area contributed by atoms with Gasteiger partial charge < -0.3 is 5.32 Å². The predicted molar refractivity (Wildman–Crippen MR) is 89.4 cm³/mol. The second kappa shape index (κ2) is 6.70. The first-order chi connectivity index (χ1) is 11.1. The van der Waals surface area contributed by atoms with Gasteiger partial charge in [0.05, 0.1) is 10.9 Å². The number of thioether (sulfide) groups is 1. The van der Waals surface area contributed by atoms with E-state index in [0.717, 1.165) is 24.3 Å². The monoisotopic (exact) mass is 335 g/mol. The lowest BCUT2D eigenvalue weighted by Gasteiger charge is -2.22. The highest BCUT2D eigenvalue weighted by Crippen LogP contribution is 2.17. The molecule has 0 spiro atoms. The minimum Gasteiger partial charge on any atom is -0.348 e. The maximum absolute atomic E-state index is 13.5. The van der Waals surface area contributed by atoms with Gasteiger partial charge >= 0.3 is 0 Å². The Morgan fingerprint density at radius 3 is 2.87 bits per heavy atom. The number of carbonyl (C=O) groups excluding carboxylic acids is 1. The van der Waals surface area contributed by atoms with Crippen molar-refractivity contribution in [2.24, 2.45) is 0 Å². The second-order valence-corrected chi connectivity index (χ2v) is 6.74. The van der Waals surface area contributed by atoms with Gasteiger partial charge in [-0.3, -0.25) is 14.3 Å². The highest BCUT2D eigenvalue weighted by molar-refractivity contribution is 7.99. The standard InChI is InChI=1S/C16H18FN3O2S/c1-2-20-13-4-3-10(17)9-12(13)15(21)14(19-20)16(22)18-11-5-7-23-8-6-11/h3-4,9,11H,2,5-8H2,1H3,(H,18,22). The van der Waals surface area contributed by atoms with E-state index in [0.29, 0.717) is 12.1 Å². The van der Waals surface area contributed by atoms with Gasteiger partial charge in [0.15, 0.2) is 5.69 Å². The fraction of sp³-hybridized carbons (Fsp3) is 0.438. The van der Waals surface area contributed by atoms with Crippen LogP contribution in [-0.4, -0.2) is 33.2 Å². The summed E-state index contributed by atoms with van der Waals surface area (Å²) in [6, 6.07) is 4.04. The molecule has 1 aromatic carbocycles. The number of fused-ring (bicyclic) bond motifs is 1. The SMILES string of the molecule is CCn1nc(C(=O)NC2CCSCC2)c(=O)c2cc(F)ccc21. The van der Waals surface area contributed by atoms with E-state index in [9.17, 15) is 14.0 Å². The molecule has 1 amide bonds. The van der Waals surface area contributed by atoms with Gasteiger partial charge in [-0.25, -0.2) is 4.39 Å². The van der Waals surface area contributed by atoms with Crippen LogP contribution in [0, 0.1) is 5.82 Å². The van der Waals surface area contributed by atoms with Gasteiger partial charge in [0.1, 0.15) is 5.82 Å². The molecule has 3 rings (SSSR count). The fourth-order valence-corrected chi connectivity index (χ4v) is 3.85. The van der Waals surface area contributed by atoms with Crippen molar-refractivity contribution in [3.05, 3.63) is 39.9 Å². The van der Waals surface area contributed by atoms with Crippen molar-refractivity contribution >= 4 is 28.6 Å². The van der Waals surface area contributed by atoms with Crippen LogP contribution in [0.25, 0.3) is 10.9 Å². The minimum absolute atomic E-state index is 0.0724. The minimum atomic E-state index is -0.521. The fourth-order valence-electron chi connectivity index (χ4n) is 2.75. The molecular formula is C16H18FN3O2S.